The molecule has 2 heterocycles. The molecular formula is C27H32F3N3O6. The molecule has 212 valence electrons. The predicted molar refractivity (Wildman–Crippen MR) is 134 cm³/mol. The molecule has 2 aromatic rings. The van der Waals surface area contributed by atoms with E-state index in [2.05, 4.69) is 9.64 Å². The molecule has 2 saturated heterocycles. The van der Waals surface area contributed by atoms with Crippen molar-refractivity contribution in [2.24, 2.45) is 0 Å². The highest BCUT2D eigenvalue weighted by atomic mass is 19.4. The van der Waals surface area contributed by atoms with E-state index in [-0.39, 0.29) is 25.6 Å². The Kier molecular flexibility index (Phi) is 8.55. The Morgan fingerprint density at radius 3 is 2.10 bits per heavy atom. The second-order valence-electron chi connectivity index (χ2n) is 9.54. The van der Waals surface area contributed by atoms with E-state index in [1.807, 2.05) is 12.1 Å². The van der Waals surface area contributed by atoms with E-state index >= 15 is 0 Å². The molecular weight excluding hydrogens is 519 g/mol. The first kappa shape index (κ1) is 28.5. The highest BCUT2D eigenvalue weighted by Gasteiger charge is 2.57. The SMILES string of the molecule is COCCN1C(=O)N(Cc2cccc(OC(F)(F)F)c2)C(=O)C12CCN(Cc1cc(OC)cc(OC)c1)CC2. The molecule has 0 N–H and O–H groups in total. The zero-order valence-corrected chi connectivity index (χ0v) is 22.1. The van der Waals surface area contributed by atoms with Crippen molar-refractivity contribution in [1.29, 1.82) is 0 Å². The number of piperidine rings is 1. The minimum atomic E-state index is -4.84. The maximum atomic E-state index is 13.8. The summed E-state index contributed by atoms with van der Waals surface area (Å²) in [7, 11) is 4.70. The Morgan fingerprint density at radius 2 is 1.51 bits per heavy atom. The quantitative estimate of drug-likeness (QED) is 0.412. The third kappa shape index (κ3) is 6.39. The third-order valence-corrected chi connectivity index (χ3v) is 7.11. The van der Waals surface area contributed by atoms with E-state index in [1.54, 1.807) is 31.3 Å². The summed E-state index contributed by atoms with van der Waals surface area (Å²) in [6.07, 6.45) is -4.02. The Hall–Kier alpha value is -3.51. The highest BCUT2D eigenvalue weighted by Crippen LogP contribution is 2.39. The van der Waals surface area contributed by atoms with Gasteiger partial charge in [-0.2, -0.15) is 0 Å². The number of imide groups is 1. The fraction of sp³-hybridized carbons (Fsp3) is 0.481. The second-order valence-corrected chi connectivity index (χ2v) is 9.54. The van der Waals surface area contributed by atoms with Crippen LogP contribution in [0.4, 0.5) is 18.0 Å². The van der Waals surface area contributed by atoms with Crippen LogP contribution in [0.3, 0.4) is 0 Å². The molecule has 1 spiro atoms. The average Bonchev–Trinajstić information content (AvgIpc) is 3.08. The largest absolute Gasteiger partial charge is 0.573 e. The van der Waals surface area contributed by atoms with Gasteiger partial charge < -0.3 is 23.8 Å². The zero-order valence-electron chi connectivity index (χ0n) is 22.1. The number of nitrogens with zero attached hydrogens (tertiary/aromatic N) is 3. The summed E-state index contributed by atoms with van der Waals surface area (Å²) in [5.74, 6) is 0.599. The summed E-state index contributed by atoms with van der Waals surface area (Å²) >= 11 is 0. The van der Waals surface area contributed by atoms with Crippen LogP contribution in [0, 0.1) is 0 Å². The van der Waals surface area contributed by atoms with Crippen LogP contribution >= 0.6 is 0 Å². The van der Waals surface area contributed by atoms with Crippen LogP contribution in [0.25, 0.3) is 0 Å². The minimum absolute atomic E-state index is 0.161. The van der Waals surface area contributed by atoms with Crippen LogP contribution in [0.15, 0.2) is 42.5 Å². The average molecular weight is 552 g/mol. The van der Waals surface area contributed by atoms with Gasteiger partial charge in [-0.3, -0.25) is 14.6 Å². The fourth-order valence-electron chi connectivity index (χ4n) is 5.22. The monoisotopic (exact) mass is 551 g/mol. The Labute approximate surface area is 225 Å². The Bertz CT molecular complexity index is 1160. The highest BCUT2D eigenvalue weighted by molar-refractivity contribution is 6.07. The lowest BCUT2D eigenvalue weighted by Crippen LogP contribution is -2.57. The number of likely N-dealkylation sites (tertiary alicyclic amines) is 1. The van der Waals surface area contributed by atoms with Gasteiger partial charge in [-0.25, -0.2) is 4.79 Å². The van der Waals surface area contributed by atoms with Crippen molar-refractivity contribution < 1.29 is 41.7 Å². The van der Waals surface area contributed by atoms with Gasteiger partial charge in [-0.15, -0.1) is 13.2 Å². The van der Waals surface area contributed by atoms with Crippen molar-refractivity contribution in [3.8, 4) is 17.2 Å². The van der Waals surface area contributed by atoms with Gasteiger partial charge in [-0.05, 0) is 48.2 Å². The van der Waals surface area contributed by atoms with Crippen molar-refractivity contribution in [3.05, 3.63) is 53.6 Å². The first-order valence-electron chi connectivity index (χ1n) is 12.5. The molecule has 2 aliphatic heterocycles. The van der Waals surface area contributed by atoms with E-state index in [9.17, 15) is 22.8 Å². The van der Waals surface area contributed by atoms with Gasteiger partial charge in [0.25, 0.3) is 5.91 Å². The molecule has 3 amide bonds. The lowest BCUT2D eigenvalue weighted by atomic mass is 9.85. The molecule has 2 aromatic carbocycles. The number of alkyl halides is 3. The molecule has 0 radical (unpaired) electrons. The summed E-state index contributed by atoms with van der Waals surface area (Å²) in [4.78, 5) is 32.1. The molecule has 0 atom stereocenters. The van der Waals surface area contributed by atoms with Gasteiger partial charge >= 0.3 is 12.4 Å². The molecule has 0 aromatic heterocycles. The number of methoxy groups -OCH3 is 3. The lowest BCUT2D eigenvalue weighted by Gasteiger charge is -2.42. The Balaban J connectivity index is 1.50. The number of hydrogen-bond acceptors (Lipinski definition) is 7. The number of rotatable bonds is 10. The minimum Gasteiger partial charge on any atom is -0.497 e. The van der Waals surface area contributed by atoms with E-state index in [0.29, 0.717) is 49.5 Å². The lowest BCUT2D eigenvalue weighted by molar-refractivity contribution is -0.274. The normalized spacial score (nSPS) is 17.7. The topological polar surface area (TPSA) is 80.8 Å². The van der Waals surface area contributed by atoms with Gasteiger partial charge in [0.1, 0.15) is 22.8 Å². The number of ether oxygens (including phenoxy) is 4. The third-order valence-electron chi connectivity index (χ3n) is 7.11. The van der Waals surface area contributed by atoms with Gasteiger partial charge in [0.2, 0.25) is 0 Å². The number of hydrogen-bond donors (Lipinski definition) is 0. The number of halogens is 3. The summed E-state index contributed by atoms with van der Waals surface area (Å²) in [6, 6.07) is 10.5. The molecule has 0 unspecified atom stereocenters. The van der Waals surface area contributed by atoms with Gasteiger partial charge in [-0.1, -0.05) is 12.1 Å². The van der Waals surface area contributed by atoms with Crippen LogP contribution in [-0.2, 0) is 22.6 Å². The first-order chi connectivity index (χ1) is 18.6. The van der Waals surface area contributed by atoms with Crippen molar-refractivity contribution in [1.82, 2.24) is 14.7 Å². The molecule has 2 fully saturated rings. The maximum Gasteiger partial charge on any atom is 0.573 e. The summed E-state index contributed by atoms with van der Waals surface area (Å²) < 4.78 is 58.0. The Morgan fingerprint density at radius 1 is 0.872 bits per heavy atom. The predicted octanol–water partition coefficient (Wildman–Crippen LogP) is 4.05. The van der Waals surface area contributed by atoms with E-state index < -0.39 is 23.7 Å². The number of carbonyl (C=O) groups is 2. The van der Waals surface area contributed by atoms with Gasteiger partial charge in [0, 0.05) is 39.4 Å². The number of benzene rings is 2. The van der Waals surface area contributed by atoms with Crippen molar-refractivity contribution >= 4 is 11.9 Å². The standard InChI is InChI=1S/C27H32F3N3O6/c1-36-12-11-33-25(35)32(18-19-5-4-6-21(13-19)39-27(28,29)30)24(34)26(33)7-9-31(10-8-26)17-20-14-22(37-2)16-23(15-20)38-3/h4-6,13-16H,7-12,17-18H2,1-3H3. The first-order valence-corrected chi connectivity index (χ1v) is 12.5. The molecule has 39 heavy (non-hydrogen) atoms. The molecule has 2 aliphatic rings. The molecule has 0 bridgehead atoms. The maximum absolute atomic E-state index is 13.8. The molecule has 4 rings (SSSR count). The number of urea groups is 1. The van der Waals surface area contributed by atoms with Crippen LogP contribution in [-0.4, -0.2) is 86.1 Å². The van der Waals surface area contributed by atoms with Crippen LogP contribution in [0.1, 0.15) is 24.0 Å². The molecule has 0 aliphatic carbocycles. The van der Waals surface area contributed by atoms with Crippen LogP contribution in [0.2, 0.25) is 0 Å². The van der Waals surface area contributed by atoms with Crippen LogP contribution < -0.4 is 14.2 Å². The summed E-state index contributed by atoms with van der Waals surface area (Å²) in [5.41, 5.74) is 0.305. The van der Waals surface area contributed by atoms with E-state index in [0.717, 1.165) is 10.5 Å². The molecule has 12 heteroatoms. The fourth-order valence-corrected chi connectivity index (χ4v) is 5.22. The smallest absolute Gasteiger partial charge is 0.497 e. The second kappa shape index (κ2) is 11.7. The zero-order chi connectivity index (χ0) is 28.2. The van der Waals surface area contributed by atoms with Crippen molar-refractivity contribution in [2.45, 2.75) is 37.8 Å². The van der Waals surface area contributed by atoms with Gasteiger partial charge in [0.05, 0.1) is 27.4 Å². The van der Waals surface area contributed by atoms with E-state index in [1.165, 1.54) is 25.3 Å². The van der Waals surface area contributed by atoms with Crippen molar-refractivity contribution in [3.63, 3.8) is 0 Å². The van der Waals surface area contributed by atoms with Crippen LogP contribution in [0.5, 0.6) is 17.2 Å². The molecule has 9 nitrogen and oxygen atoms in total. The molecule has 0 saturated carbocycles. The summed E-state index contributed by atoms with van der Waals surface area (Å²) in [5, 5.41) is 0. The van der Waals surface area contributed by atoms with Gasteiger partial charge in [0.15, 0.2) is 0 Å². The van der Waals surface area contributed by atoms with E-state index in [4.69, 9.17) is 14.2 Å². The van der Waals surface area contributed by atoms with Crippen molar-refractivity contribution in [2.75, 3.05) is 47.6 Å². The number of amides is 3. The number of carbonyl (C=O) groups excluding carboxylic acids is 2. The summed E-state index contributed by atoms with van der Waals surface area (Å²) in [6.45, 7) is 2.04.